The smallest absolute Gasteiger partial charge is 0.138 e. The van der Waals surface area contributed by atoms with E-state index in [2.05, 4.69) is 20.6 Å². The van der Waals surface area contributed by atoms with Gasteiger partial charge in [-0.2, -0.15) is 0 Å². The van der Waals surface area contributed by atoms with Crippen molar-refractivity contribution >= 4 is 17.3 Å². The van der Waals surface area contributed by atoms with Crippen LogP contribution < -0.4 is 10.6 Å². The van der Waals surface area contributed by atoms with Crippen molar-refractivity contribution in [2.24, 2.45) is 0 Å². The number of anilines is 3. The zero-order valence-corrected chi connectivity index (χ0v) is 11.3. The average molecular weight is 260 g/mol. The largest absolute Gasteiger partial charge is 0.370 e. The predicted octanol–water partition coefficient (Wildman–Crippen LogP) is 3.41. The van der Waals surface area contributed by atoms with Crippen LogP contribution in [0.5, 0.6) is 0 Å². The Morgan fingerprint density at radius 2 is 1.84 bits per heavy atom. The molecule has 0 radical (unpaired) electrons. The van der Waals surface area contributed by atoms with Crippen molar-refractivity contribution in [2.45, 2.75) is 20.8 Å². The van der Waals surface area contributed by atoms with Gasteiger partial charge in [0.25, 0.3) is 0 Å². The molecule has 0 unspecified atom stereocenters. The van der Waals surface area contributed by atoms with Crippen LogP contribution in [-0.4, -0.2) is 16.5 Å². The summed E-state index contributed by atoms with van der Waals surface area (Å²) in [6.45, 7) is 6.45. The van der Waals surface area contributed by atoms with Crippen LogP contribution in [-0.2, 0) is 0 Å². The molecule has 19 heavy (non-hydrogen) atoms. The molecule has 1 heterocycles. The first-order valence-corrected chi connectivity index (χ1v) is 6.21. The second kappa shape index (κ2) is 5.65. The van der Waals surface area contributed by atoms with Gasteiger partial charge in [-0.15, -0.1) is 0 Å². The molecule has 0 aliphatic heterocycles. The zero-order chi connectivity index (χ0) is 13.8. The molecule has 0 atom stereocenters. The summed E-state index contributed by atoms with van der Waals surface area (Å²) >= 11 is 0. The number of nitrogens with one attached hydrogen (secondary N) is 2. The van der Waals surface area contributed by atoms with E-state index in [1.54, 1.807) is 13.0 Å². The average Bonchev–Trinajstić information content (AvgIpc) is 2.40. The Kier molecular flexibility index (Phi) is 3.94. The molecule has 0 amide bonds. The number of nitrogens with zero attached hydrogens (tertiary/aromatic N) is 2. The van der Waals surface area contributed by atoms with E-state index in [4.69, 9.17) is 0 Å². The van der Waals surface area contributed by atoms with E-state index >= 15 is 0 Å². The predicted molar refractivity (Wildman–Crippen MR) is 75.4 cm³/mol. The van der Waals surface area contributed by atoms with E-state index in [1.807, 2.05) is 19.9 Å². The SMILES string of the molecule is CCNc1ncnc(Nc2cccc(F)c2C)c1C. The third-order valence-corrected chi connectivity index (χ3v) is 2.95. The van der Waals surface area contributed by atoms with Crippen LogP contribution in [0, 0.1) is 19.7 Å². The lowest BCUT2D eigenvalue weighted by molar-refractivity contribution is 0.619. The van der Waals surface area contributed by atoms with Crippen LogP contribution in [0.25, 0.3) is 0 Å². The van der Waals surface area contributed by atoms with Crippen molar-refractivity contribution < 1.29 is 4.39 Å². The fraction of sp³-hybridized carbons (Fsp3) is 0.286. The minimum absolute atomic E-state index is 0.233. The molecule has 0 fully saturated rings. The Morgan fingerprint density at radius 1 is 1.11 bits per heavy atom. The van der Waals surface area contributed by atoms with Crippen molar-refractivity contribution in [3.8, 4) is 0 Å². The van der Waals surface area contributed by atoms with Gasteiger partial charge in [-0.3, -0.25) is 0 Å². The zero-order valence-electron chi connectivity index (χ0n) is 11.3. The lowest BCUT2D eigenvalue weighted by Crippen LogP contribution is -2.06. The molecular weight excluding hydrogens is 243 g/mol. The normalized spacial score (nSPS) is 10.3. The van der Waals surface area contributed by atoms with Gasteiger partial charge in [0, 0.05) is 23.4 Å². The van der Waals surface area contributed by atoms with Crippen molar-refractivity contribution in [3.63, 3.8) is 0 Å². The van der Waals surface area contributed by atoms with Crippen LogP contribution in [0.3, 0.4) is 0 Å². The summed E-state index contributed by atoms with van der Waals surface area (Å²) in [7, 11) is 0. The molecule has 1 aromatic heterocycles. The molecule has 100 valence electrons. The number of aromatic nitrogens is 2. The summed E-state index contributed by atoms with van der Waals surface area (Å²) in [5.41, 5.74) is 2.20. The fourth-order valence-corrected chi connectivity index (χ4v) is 1.79. The van der Waals surface area contributed by atoms with Gasteiger partial charge >= 0.3 is 0 Å². The van der Waals surface area contributed by atoms with Crippen LogP contribution in [0.2, 0.25) is 0 Å². The van der Waals surface area contributed by atoms with Gasteiger partial charge in [0.1, 0.15) is 23.8 Å². The van der Waals surface area contributed by atoms with E-state index in [-0.39, 0.29) is 5.82 Å². The van der Waals surface area contributed by atoms with Crippen LogP contribution >= 0.6 is 0 Å². The van der Waals surface area contributed by atoms with Crippen LogP contribution in [0.4, 0.5) is 21.7 Å². The van der Waals surface area contributed by atoms with Gasteiger partial charge < -0.3 is 10.6 Å². The monoisotopic (exact) mass is 260 g/mol. The minimum Gasteiger partial charge on any atom is -0.370 e. The van der Waals surface area contributed by atoms with E-state index in [0.29, 0.717) is 17.1 Å². The topological polar surface area (TPSA) is 49.8 Å². The summed E-state index contributed by atoms with van der Waals surface area (Å²) in [5, 5.41) is 6.31. The lowest BCUT2D eigenvalue weighted by atomic mass is 10.2. The molecular formula is C14H17FN4. The molecule has 0 saturated carbocycles. The summed E-state index contributed by atoms with van der Waals surface area (Å²) in [4.78, 5) is 8.38. The standard InChI is InChI=1S/C14H17FN4/c1-4-16-13-10(3)14(18-8-17-13)19-12-7-5-6-11(15)9(12)2/h5-8H,4H2,1-3H3,(H2,16,17,18,19). The molecule has 4 nitrogen and oxygen atoms in total. The summed E-state index contributed by atoms with van der Waals surface area (Å²) in [6.07, 6.45) is 1.49. The summed E-state index contributed by atoms with van der Waals surface area (Å²) in [6, 6.07) is 4.94. The van der Waals surface area contributed by atoms with Crippen LogP contribution in [0.15, 0.2) is 24.5 Å². The van der Waals surface area contributed by atoms with Crippen molar-refractivity contribution in [1.29, 1.82) is 0 Å². The van der Waals surface area contributed by atoms with Gasteiger partial charge in [-0.1, -0.05) is 6.07 Å². The molecule has 1 aromatic carbocycles. The number of halogens is 1. The molecule has 2 N–H and O–H groups in total. The highest BCUT2D eigenvalue weighted by Crippen LogP contribution is 2.25. The Hall–Kier alpha value is -2.17. The van der Waals surface area contributed by atoms with Gasteiger partial charge in [0.05, 0.1) is 0 Å². The maximum Gasteiger partial charge on any atom is 0.138 e. The number of hydrogen-bond acceptors (Lipinski definition) is 4. The highest BCUT2D eigenvalue weighted by molar-refractivity contribution is 5.66. The van der Waals surface area contributed by atoms with E-state index in [0.717, 1.165) is 17.9 Å². The van der Waals surface area contributed by atoms with E-state index < -0.39 is 0 Å². The molecule has 2 aromatic rings. The van der Waals surface area contributed by atoms with Crippen molar-refractivity contribution in [1.82, 2.24) is 9.97 Å². The maximum atomic E-state index is 13.5. The molecule has 0 spiro atoms. The van der Waals surface area contributed by atoms with Crippen molar-refractivity contribution in [3.05, 3.63) is 41.5 Å². The first kappa shape index (κ1) is 13.3. The fourth-order valence-electron chi connectivity index (χ4n) is 1.79. The Bertz CT molecular complexity index is 584. The summed E-state index contributed by atoms with van der Waals surface area (Å²) < 4.78 is 13.5. The first-order chi connectivity index (χ1) is 9.13. The van der Waals surface area contributed by atoms with Crippen molar-refractivity contribution in [2.75, 3.05) is 17.2 Å². The number of benzene rings is 1. The molecule has 0 bridgehead atoms. The van der Waals surface area contributed by atoms with Gasteiger partial charge in [-0.05, 0) is 32.9 Å². The second-order valence-electron chi connectivity index (χ2n) is 4.26. The third kappa shape index (κ3) is 2.81. The maximum absolute atomic E-state index is 13.5. The molecule has 0 saturated heterocycles. The lowest BCUT2D eigenvalue weighted by Gasteiger charge is -2.13. The Morgan fingerprint density at radius 3 is 2.58 bits per heavy atom. The van der Waals surface area contributed by atoms with E-state index in [1.165, 1.54) is 12.4 Å². The quantitative estimate of drug-likeness (QED) is 0.884. The molecule has 0 aliphatic rings. The molecule has 5 heteroatoms. The third-order valence-electron chi connectivity index (χ3n) is 2.95. The van der Waals surface area contributed by atoms with E-state index in [9.17, 15) is 4.39 Å². The Labute approximate surface area is 112 Å². The van der Waals surface area contributed by atoms with Gasteiger partial charge in [0.2, 0.25) is 0 Å². The second-order valence-corrected chi connectivity index (χ2v) is 4.26. The Balaban J connectivity index is 2.33. The first-order valence-electron chi connectivity index (χ1n) is 6.21. The molecule has 2 rings (SSSR count). The molecule has 0 aliphatic carbocycles. The number of hydrogen-bond donors (Lipinski definition) is 2. The van der Waals surface area contributed by atoms with Gasteiger partial charge in [0.15, 0.2) is 0 Å². The highest BCUT2D eigenvalue weighted by Gasteiger charge is 2.09. The highest BCUT2D eigenvalue weighted by atomic mass is 19.1. The van der Waals surface area contributed by atoms with Gasteiger partial charge in [-0.25, -0.2) is 14.4 Å². The number of rotatable bonds is 4. The van der Waals surface area contributed by atoms with Crippen LogP contribution in [0.1, 0.15) is 18.1 Å². The minimum atomic E-state index is -0.233. The summed E-state index contributed by atoms with van der Waals surface area (Å²) in [5.74, 6) is 1.23.